The van der Waals surface area contributed by atoms with E-state index in [2.05, 4.69) is 15.4 Å². The monoisotopic (exact) mass is 339 g/mol. The molecule has 1 fully saturated rings. The number of benzene rings is 1. The van der Waals surface area contributed by atoms with Crippen LogP contribution in [0.3, 0.4) is 0 Å². The van der Waals surface area contributed by atoms with Gasteiger partial charge in [-0.2, -0.15) is 5.10 Å². The number of aliphatic hydroxyl groups excluding tert-OH is 1. The van der Waals surface area contributed by atoms with Gasteiger partial charge >= 0.3 is 0 Å². The van der Waals surface area contributed by atoms with Crippen LogP contribution in [0, 0.1) is 5.92 Å². The van der Waals surface area contributed by atoms with Crippen LogP contribution >= 0.6 is 0 Å². The van der Waals surface area contributed by atoms with E-state index in [9.17, 15) is 9.90 Å². The number of hydrogen-bond donors (Lipinski definition) is 2. The molecule has 1 aliphatic rings. The lowest BCUT2D eigenvalue weighted by Gasteiger charge is -2.16. The Labute approximate surface area is 145 Å². The fraction of sp³-hybridized carbons (Fsp3) is 0.389. The molecule has 4 rings (SSSR count). The van der Waals surface area contributed by atoms with Crippen molar-refractivity contribution in [3.63, 3.8) is 0 Å². The summed E-state index contributed by atoms with van der Waals surface area (Å²) >= 11 is 0. The van der Waals surface area contributed by atoms with Gasteiger partial charge in [0, 0.05) is 24.3 Å². The van der Waals surface area contributed by atoms with Crippen molar-refractivity contribution in [2.24, 2.45) is 5.92 Å². The van der Waals surface area contributed by atoms with Crippen LogP contribution in [0.5, 0.6) is 0 Å². The van der Waals surface area contributed by atoms with E-state index in [1.165, 1.54) is 0 Å². The highest BCUT2D eigenvalue weighted by Gasteiger charge is 2.34. The van der Waals surface area contributed by atoms with Gasteiger partial charge in [0.25, 0.3) is 0 Å². The van der Waals surface area contributed by atoms with Crippen molar-refractivity contribution in [3.8, 4) is 0 Å². The second kappa shape index (κ2) is 6.68. The minimum atomic E-state index is -0.508. The number of amides is 1. The second-order valence-electron chi connectivity index (χ2n) is 6.70. The van der Waals surface area contributed by atoms with Gasteiger partial charge in [0.2, 0.25) is 5.91 Å². The number of rotatable bonds is 5. The van der Waals surface area contributed by atoms with Gasteiger partial charge in [0.05, 0.1) is 30.2 Å². The third-order valence-corrected chi connectivity index (χ3v) is 4.85. The number of aliphatic hydroxyl groups is 1. The maximum absolute atomic E-state index is 12.4. The molecule has 130 valence electrons. The molecule has 0 radical (unpaired) electrons. The normalized spacial score (nSPS) is 23.2. The van der Waals surface area contributed by atoms with Gasteiger partial charge in [0.1, 0.15) is 6.54 Å². The van der Waals surface area contributed by atoms with Crippen LogP contribution in [-0.2, 0) is 17.9 Å². The second-order valence-corrected chi connectivity index (χ2v) is 6.70. The number of hydrogen-bond acceptors (Lipinski definition) is 4. The third kappa shape index (κ3) is 3.41. The van der Waals surface area contributed by atoms with Gasteiger partial charge in [-0.3, -0.25) is 9.48 Å². The highest BCUT2D eigenvalue weighted by atomic mass is 16.3. The molecule has 7 nitrogen and oxygen atoms in total. The topological polar surface area (TPSA) is 85.0 Å². The summed E-state index contributed by atoms with van der Waals surface area (Å²) in [4.78, 5) is 16.4. The summed E-state index contributed by atoms with van der Waals surface area (Å²) in [6.45, 7) is 0.968. The van der Waals surface area contributed by atoms with Crippen molar-refractivity contribution in [1.82, 2.24) is 24.6 Å². The lowest BCUT2D eigenvalue weighted by Crippen LogP contribution is -2.41. The molecular weight excluding hydrogens is 318 g/mol. The van der Waals surface area contributed by atoms with Crippen LogP contribution in [0.2, 0.25) is 0 Å². The highest BCUT2D eigenvalue weighted by Crippen LogP contribution is 2.27. The SMILES string of the molecule is O=C(Cn1ncc2ccccc21)N[C@@H]1CC(Cn2ccnc2)C[C@H]1O. The number of nitrogens with zero attached hydrogens (tertiary/aromatic N) is 4. The van der Waals surface area contributed by atoms with Crippen molar-refractivity contribution < 1.29 is 9.90 Å². The lowest BCUT2D eigenvalue weighted by atomic mass is 10.1. The van der Waals surface area contributed by atoms with Crippen LogP contribution in [0.1, 0.15) is 12.8 Å². The van der Waals surface area contributed by atoms with Crippen molar-refractivity contribution >= 4 is 16.8 Å². The molecule has 3 aromatic rings. The minimum Gasteiger partial charge on any atom is -0.391 e. The molecule has 2 heterocycles. The summed E-state index contributed by atoms with van der Waals surface area (Å²) in [6, 6.07) is 7.59. The first-order valence-electron chi connectivity index (χ1n) is 8.53. The Hall–Kier alpha value is -2.67. The Morgan fingerprint density at radius 2 is 2.20 bits per heavy atom. The average Bonchev–Trinajstić information content (AvgIpc) is 3.31. The van der Waals surface area contributed by atoms with Crippen molar-refractivity contribution in [1.29, 1.82) is 0 Å². The number of para-hydroxylation sites is 1. The molecule has 1 aliphatic carbocycles. The third-order valence-electron chi connectivity index (χ3n) is 4.85. The van der Waals surface area contributed by atoms with Crippen LogP contribution in [0.25, 0.3) is 10.9 Å². The summed E-state index contributed by atoms with van der Waals surface area (Å²) in [5, 5.41) is 18.5. The number of carbonyl (C=O) groups is 1. The lowest BCUT2D eigenvalue weighted by molar-refractivity contribution is -0.123. The maximum Gasteiger partial charge on any atom is 0.242 e. The standard InChI is InChI=1S/C18H21N5O2/c24-17-8-13(10-22-6-5-19-12-22)7-15(17)21-18(25)11-23-16-4-2-1-3-14(16)9-20-23/h1-6,9,12-13,15,17,24H,7-8,10-11H2,(H,21,25)/t13?,15-,17-/m1/s1. The Balaban J connectivity index is 1.36. The summed E-state index contributed by atoms with van der Waals surface area (Å²) < 4.78 is 3.70. The molecule has 2 N–H and O–H groups in total. The maximum atomic E-state index is 12.4. The zero-order chi connectivity index (χ0) is 17.2. The van der Waals surface area contributed by atoms with Crippen molar-refractivity contribution in [2.45, 2.75) is 38.1 Å². The minimum absolute atomic E-state index is 0.124. The zero-order valence-electron chi connectivity index (χ0n) is 13.8. The predicted octanol–water partition coefficient (Wildman–Crippen LogP) is 1.19. The number of aromatic nitrogens is 4. The molecule has 1 amide bonds. The number of carbonyl (C=O) groups excluding carboxylic acids is 1. The largest absolute Gasteiger partial charge is 0.391 e. The quantitative estimate of drug-likeness (QED) is 0.731. The van der Waals surface area contributed by atoms with E-state index in [1.807, 2.05) is 35.0 Å². The Morgan fingerprint density at radius 1 is 1.32 bits per heavy atom. The number of nitrogens with one attached hydrogen (secondary N) is 1. The molecule has 7 heteroatoms. The summed E-state index contributed by atoms with van der Waals surface area (Å²) in [5.41, 5.74) is 0.933. The van der Waals surface area contributed by atoms with Gasteiger partial charge < -0.3 is 15.0 Å². The highest BCUT2D eigenvalue weighted by molar-refractivity contribution is 5.82. The molecule has 0 spiro atoms. The van der Waals surface area contributed by atoms with Crippen molar-refractivity contribution in [3.05, 3.63) is 49.2 Å². The van der Waals surface area contributed by atoms with Crippen LogP contribution < -0.4 is 5.32 Å². The Bertz CT molecular complexity index is 857. The van der Waals surface area contributed by atoms with Crippen LogP contribution in [0.4, 0.5) is 0 Å². The number of imidazole rings is 1. The fourth-order valence-corrected chi connectivity index (χ4v) is 3.66. The zero-order valence-corrected chi connectivity index (χ0v) is 13.8. The molecule has 0 bridgehead atoms. The summed E-state index contributed by atoms with van der Waals surface area (Å²) in [6.07, 6.45) is 8.15. The first-order valence-corrected chi connectivity index (χ1v) is 8.53. The van der Waals surface area contributed by atoms with Crippen molar-refractivity contribution in [2.75, 3.05) is 0 Å². The summed E-state index contributed by atoms with van der Waals surface area (Å²) in [7, 11) is 0. The Kier molecular flexibility index (Phi) is 4.23. The van der Waals surface area contributed by atoms with E-state index in [4.69, 9.17) is 0 Å². The van der Waals surface area contributed by atoms with E-state index < -0.39 is 6.10 Å². The van der Waals surface area contributed by atoms with Gasteiger partial charge in [-0.1, -0.05) is 18.2 Å². The molecule has 1 unspecified atom stereocenters. The van der Waals surface area contributed by atoms with E-state index in [1.54, 1.807) is 23.4 Å². The number of fused-ring (bicyclic) bond motifs is 1. The molecule has 25 heavy (non-hydrogen) atoms. The first-order chi connectivity index (χ1) is 12.2. The molecule has 0 aliphatic heterocycles. The van der Waals surface area contributed by atoms with Gasteiger partial charge in [0.15, 0.2) is 0 Å². The first kappa shape index (κ1) is 15.8. The molecule has 0 saturated heterocycles. The molecular formula is C18H21N5O2. The van der Waals surface area contributed by atoms with Gasteiger partial charge in [-0.25, -0.2) is 4.98 Å². The van der Waals surface area contributed by atoms with E-state index >= 15 is 0 Å². The van der Waals surface area contributed by atoms with Gasteiger partial charge in [-0.05, 0) is 24.8 Å². The predicted molar refractivity (Wildman–Crippen MR) is 92.6 cm³/mol. The summed E-state index contributed by atoms with van der Waals surface area (Å²) in [5.74, 6) is 0.209. The fourth-order valence-electron chi connectivity index (χ4n) is 3.66. The van der Waals surface area contributed by atoms with Crippen LogP contribution in [0.15, 0.2) is 49.2 Å². The average molecular weight is 339 g/mol. The molecule has 1 saturated carbocycles. The molecule has 3 atom stereocenters. The van der Waals surface area contributed by atoms with Gasteiger partial charge in [-0.15, -0.1) is 0 Å². The van der Waals surface area contributed by atoms with E-state index in [0.717, 1.165) is 23.9 Å². The smallest absolute Gasteiger partial charge is 0.242 e. The van der Waals surface area contributed by atoms with E-state index in [0.29, 0.717) is 12.3 Å². The molecule has 2 aromatic heterocycles. The Morgan fingerprint density at radius 3 is 3.04 bits per heavy atom. The molecule has 1 aromatic carbocycles. The van der Waals surface area contributed by atoms with Crippen LogP contribution in [-0.4, -0.2) is 42.5 Å². The van der Waals surface area contributed by atoms with E-state index in [-0.39, 0.29) is 18.5 Å².